The van der Waals surface area contributed by atoms with Gasteiger partial charge in [0.05, 0.1) is 174 Å². The van der Waals surface area contributed by atoms with Crippen LogP contribution in [-0.2, 0) is 66.7 Å². The molecule has 7 aliphatic rings. The summed E-state index contributed by atoms with van der Waals surface area (Å²) in [6, 6.07) is 11.7. The maximum atomic E-state index is 14.2. The summed E-state index contributed by atoms with van der Waals surface area (Å²) in [6.07, 6.45) is 21.0. The molecule has 3 aromatic carbocycles. The highest BCUT2D eigenvalue weighted by Gasteiger charge is 2.43. The van der Waals surface area contributed by atoms with E-state index in [1.807, 2.05) is 30.7 Å². The predicted molar refractivity (Wildman–Crippen MR) is 409 cm³/mol. The molecular formula is C81H111N9O20. The number of rotatable bonds is 47. The molecule has 2 unspecified atom stereocenters. The van der Waals surface area contributed by atoms with Crippen molar-refractivity contribution in [3.8, 4) is 23.0 Å². The van der Waals surface area contributed by atoms with E-state index in [4.69, 9.17) is 66.8 Å². The standard InChI is InChI=1S/C81H111N9O20/c1-54(2)76(87-74(92)22-27-101-29-31-103-33-35-105-37-39-107-41-42-108-40-38-106-36-34-104-32-30-102-28-23-82-73(91)21-24-88-75(93)47-64(79(88)96)58-13-10-8-6-7-9-11-14-58)78(95)85-55(3)77(94)86-61-19-17-57(18-20-61)60-44-63-51-84-68-49-72(70(100-5)46-66(68)81(98)90(63)53-60)110-26-12-25-109-71-48-67-65(45-69(71)99-4)80(97)89-52-59(56-15-16-56)43-62(89)50-83-67/h17-20,45-46,48-56,58,62-64,76H,6-16,21-44,47H2,1-5H3,(H,82,91)(H,85,95)(H,86,94)(H,87,92)/t55-,62-,63-,64?,76?/m0/s1. The number of anilines is 1. The Morgan fingerprint density at radius 2 is 1.02 bits per heavy atom. The summed E-state index contributed by atoms with van der Waals surface area (Å²) >= 11 is 0. The maximum absolute atomic E-state index is 14.2. The summed E-state index contributed by atoms with van der Waals surface area (Å²) in [5.41, 5.74) is 5.34. The smallest absolute Gasteiger partial charge is 0.260 e. The number of nitrogens with one attached hydrogen (secondary N) is 4. The molecule has 0 spiro atoms. The van der Waals surface area contributed by atoms with Crippen molar-refractivity contribution in [1.29, 1.82) is 0 Å². The average Bonchev–Trinajstić information content (AvgIpc) is 1.62. The Labute approximate surface area is 644 Å². The molecule has 110 heavy (non-hydrogen) atoms. The molecule has 600 valence electrons. The number of aliphatic imine (C=N–C) groups is 2. The minimum atomic E-state index is -0.938. The molecule has 2 aliphatic carbocycles. The van der Waals surface area contributed by atoms with Crippen LogP contribution in [0.4, 0.5) is 17.1 Å². The Hall–Kier alpha value is -8.68. The second kappa shape index (κ2) is 43.8. The van der Waals surface area contributed by atoms with E-state index in [2.05, 4.69) is 21.3 Å². The molecule has 5 aliphatic heterocycles. The van der Waals surface area contributed by atoms with Gasteiger partial charge in [-0.25, -0.2) is 0 Å². The van der Waals surface area contributed by atoms with Crippen LogP contribution in [0, 0.1) is 23.7 Å². The van der Waals surface area contributed by atoms with E-state index >= 15 is 0 Å². The molecule has 10 rings (SSSR count). The van der Waals surface area contributed by atoms with Crippen molar-refractivity contribution < 1.29 is 95.2 Å². The normalized spacial score (nSPS) is 18.9. The van der Waals surface area contributed by atoms with E-state index in [1.165, 1.54) is 63.2 Å². The summed E-state index contributed by atoms with van der Waals surface area (Å²) in [7, 11) is 3.05. The molecule has 2 saturated carbocycles. The number of nitrogens with zero attached hydrogens (tertiary/aromatic N) is 5. The molecule has 8 amide bonds. The van der Waals surface area contributed by atoms with E-state index in [0.29, 0.717) is 169 Å². The van der Waals surface area contributed by atoms with Crippen LogP contribution in [0.1, 0.15) is 150 Å². The number of ether oxygens (including phenoxy) is 12. The molecule has 29 heteroatoms. The Kier molecular flexibility index (Phi) is 33.4. The van der Waals surface area contributed by atoms with Crippen LogP contribution in [0.2, 0.25) is 0 Å². The Balaban J connectivity index is 0.505. The lowest BCUT2D eigenvalue weighted by molar-refractivity contribution is -0.140. The third-order valence-corrected chi connectivity index (χ3v) is 20.4. The lowest BCUT2D eigenvalue weighted by Gasteiger charge is -2.24. The number of methoxy groups -OCH3 is 2. The molecule has 3 aromatic rings. The number of fused-ring (bicyclic) bond motifs is 4. The largest absolute Gasteiger partial charge is 0.493 e. The second-order valence-corrected chi connectivity index (χ2v) is 28.7. The van der Waals surface area contributed by atoms with Gasteiger partial charge in [-0.15, -0.1) is 0 Å². The molecule has 0 bridgehead atoms. The SMILES string of the molecule is COc1cc2c(cc1OCCCOc1cc3c(cc1OC)C(=O)N1C=C(C4CC4)C[C@H]1C=N3)N=C[C@@H]1CC(c3ccc(NC(=O)[C@H](C)NC(=O)C(NC(=O)CCOCCOCCOCCOCCOCCOCCOCCOCCNC(=O)CCN4C(=O)CC(C5CCCCCCCC5)C4=O)C(C)C)cc3)=CN1C2=O. The minimum Gasteiger partial charge on any atom is -0.493 e. The van der Waals surface area contributed by atoms with Gasteiger partial charge in [-0.1, -0.05) is 64.5 Å². The molecule has 0 radical (unpaired) electrons. The molecule has 3 fully saturated rings. The first-order chi connectivity index (χ1) is 53.6. The summed E-state index contributed by atoms with van der Waals surface area (Å²) in [5, 5.41) is 11.2. The first-order valence-corrected chi connectivity index (χ1v) is 39.2. The van der Waals surface area contributed by atoms with Crippen molar-refractivity contribution in [3.05, 3.63) is 83.2 Å². The van der Waals surface area contributed by atoms with Gasteiger partial charge in [0.2, 0.25) is 35.4 Å². The molecule has 5 heterocycles. The molecule has 29 nitrogen and oxygen atoms in total. The zero-order valence-corrected chi connectivity index (χ0v) is 64.4. The van der Waals surface area contributed by atoms with Gasteiger partial charge in [-0.05, 0) is 97.8 Å². The van der Waals surface area contributed by atoms with Crippen molar-refractivity contribution in [2.75, 3.05) is 152 Å². The van der Waals surface area contributed by atoms with Crippen LogP contribution in [0.15, 0.2) is 76.5 Å². The van der Waals surface area contributed by atoms with Gasteiger partial charge >= 0.3 is 0 Å². The Bertz CT molecular complexity index is 3700. The lowest BCUT2D eigenvalue weighted by atomic mass is 9.83. The minimum absolute atomic E-state index is 0.0160. The number of hydrogen-bond donors (Lipinski definition) is 4. The molecule has 4 N–H and O–H groups in total. The van der Waals surface area contributed by atoms with E-state index in [1.54, 1.807) is 73.2 Å². The lowest BCUT2D eigenvalue weighted by Crippen LogP contribution is -2.53. The quantitative estimate of drug-likeness (QED) is 0.0304. The highest BCUT2D eigenvalue weighted by Crippen LogP contribution is 2.45. The Morgan fingerprint density at radius 3 is 1.54 bits per heavy atom. The van der Waals surface area contributed by atoms with Gasteiger partial charge in [0.15, 0.2) is 23.0 Å². The Morgan fingerprint density at radius 1 is 0.518 bits per heavy atom. The van der Waals surface area contributed by atoms with Crippen LogP contribution >= 0.6 is 0 Å². The number of benzene rings is 3. The van der Waals surface area contributed by atoms with E-state index < -0.39 is 23.9 Å². The zero-order chi connectivity index (χ0) is 77.6. The third kappa shape index (κ3) is 24.9. The molecular weight excluding hydrogens is 1420 g/mol. The van der Waals surface area contributed by atoms with Crippen LogP contribution in [0.5, 0.6) is 23.0 Å². The monoisotopic (exact) mass is 1530 g/mol. The molecule has 0 aromatic heterocycles. The maximum Gasteiger partial charge on any atom is 0.260 e. The van der Waals surface area contributed by atoms with Crippen molar-refractivity contribution in [1.82, 2.24) is 30.7 Å². The number of hydrogen-bond acceptors (Lipinski definition) is 22. The van der Waals surface area contributed by atoms with Gasteiger partial charge in [0, 0.05) is 87.8 Å². The number of carbonyl (C=O) groups excluding carboxylic acids is 8. The van der Waals surface area contributed by atoms with Crippen LogP contribution in [-0.4, -0.2) is 245 Å². The fourth-order valence-corrected chi connectivity index (χ4v) is 14.0. The van der Waals surface area contributed by atoms with Crippen molar-refractivity contribution in [3.63, 3.8) is 0 Å². The fraction of sp³-hybridized carbons (Fsp3) is 0.605. The van der Waals surface area contributed by atoms with Gasteiger partial charge in [-0.2, -0.15) is 0 Å². The van der Waals surface area contributed by atoms with Gasteiger partial charge in [-0.3, -0.25) is 53.2 Å². The number of likely N-dealkylation sites (tertiary alicyclic amines) is 1. The van der Waals surface area contributed by atoms with Crippen molar-refractivity contribution >= 4 is 82.3 Å². The number of imide groups is 1. The summed E-state index contributed by atoms with van der Waals surface area (Å²) in [5.74, 6) is -0.165. The van der Waals surface area contributed by atoms with E-state index in [9.17, 15) is 38.4 Å². The number of carbonyl (C=O) groups is 8. The zero-order valence-electron chi connectivity index (χ0n) is 64.4. The summed E-state index contributed by atoms with van der Waals surface area (Å²) in [4.78, 5) is 120. The van der Waals surface area contributed by atoms with E-state index in [0.717, 1.165) is 43.2 Å². The second-order valence-electron chi connectivity index (χ2n) is 28.7. The highest BCUT2D eigenvalue weighted by molar-refractivity contribution is 6.07. The van der Waals surface area contributed by atoms with Gasteiger partial charge in [0.1, 0.15) is 12.1 Å². The van der Waals surface area contributed by atoms with Crippen LogP contribution < -0.4 is 40.2 Å². The summed E-state index contributed by atoms with van der Waals surface area (Å²) in [6.45, 7) is 11.9. The number of amides is 8. The van der Waals surface area contributed by atoms with Crippen LogP contribution in [0.25, 0.3) is 5.57 Å². The molecule has 1 saturated heterocycles. The van der Waals surface area contributed by atoms with Crippen molar-refractivity contribution in [2.24, 2.45) is 33.7 Å². The van der Waals surface area contributed by atoms with Crippen LogP contribution in [0.3, 0.4) is 0 Å². The van der Waals surface area contributed by atoms with Gasteiger partial charge in [0.25, 0.3) is 11.8 Å². The van der Waals surface area contributed by atoms with Crippen molar-refractivity contribution in [2.45, 2.75) is 148 Å². The van der Waals surface area contributed by atoms with Gasteiger partial charge < -0.3 is 87.9 Å². The summed E-state index contributed by atoms with van der Waals surface area (Å²) < 4.78 is 68.1. The average molecular weight is 1530 g/mol. The first kappa shape index (κ1) is 83.8. The predicted octanol–water partition coefficient (Wildman–Crippen LogP) is 8.49. The molecule has 5 atom stereocenters. The third-order valence-electron chi connectivity index (χ3n) is 20.4. The topological polar surface area (TPSA) is 330 Å². The highest BCUT2D eigenvalue weighted by atomic mass is 16.6. The fourth-order valence-electron chi connectivity index (χ4n) is 14.0. The van der Waals surface area contributed by atoms with E-state index in [-0.39, 0.29) is 118 Å². The first-order valence-electron chi connectivity index (χ1n) is 39.2.